The molecule has 0 aliphatic carbocycles. The highest BCUT2D eigenvalue weighted by atomic mass is 19.1. The van der Waals surface area contributed by atoms with E-state index in [9.17, 15) is 9.18 Å². The molecule has 2 fully saturated rings. The van der Waals surface area contributed by atoms with E-state index in [1.54, 1.807) is 19.2 Å². The number of hydrogen-bond acceptors (Lipinski definition) is 3. The number of benzene rings is 1. The summed E-state index contributed by atoms with van der Waals surface area (Å²) < 4.78 is 24.4. The van der Waals surface area contributed by atoms with Crippen LogP contribution in [0.5, 0.6) is 0 Å². The molecule has 120 valence electrons. The summed E-state index contributed by atoms with van der Waals surface area (Å²) in [5, 5.41) is 0. The number of nitrogens with zero attached hydrogens (tertiary/aromatic N) is 1. The number of carbonyl (C=O) groups is 1. The Balaban J connectivity index is 1.68. The smallest absolute Gasteiger partial charge is 0.227 e. The molecule has 2 aliphatic heterocycles. The van der Waals surface area contributed by atoms with Gasteiger partial charge in [0.05, 0.1) is 19.1 Å². The summed E-state index contributed by atoms with van der Waals surface area (Å²) in [4.78, 5) is 14.4. The molecule has 0 spiro atoms. The molecule has 0 bridgehead atoms. The molecule has 0 radical (unpaired) electrons. The summed E-state index contributed by atoms with van der Waals surface area (Å²) in [6.45, 7) is 2.71. The first kappa shape index (κ1) is 15.4. The van der Waals surface area contributed by atoms with Crippen LogP contribution >= 0.6 is 0 Å². The monoisotopic (exact) mass is 307 g/mol. The number of hydrogen-bond donors (Lipinski definition) is 0. The number of ether oxygens (including phenoxy) is 2. The van der Waals surface area contributed by atoms with Crippen molar-refractivity contribution in [2.45, 2.75) is 25.4 Å². The average molecular weight is 307 g/mol. The van der Waals surface area contributed by atoms with Gasteiger partial charge in [-0.25, -0.2) is 4.39 Å². The fourth-order valence-corrected chi connectivity index (χ4v) is 3.69. The lowest BCUT2D eigenvalue weighted by Crippen LogP contribution is -2.53. The third kappa shape index (κ3) is 3.01. The number of rotatable bonds is 4. The second-order valence-electron chi connectivity index (χ2n) is 6.32. The normalized spacial score (nSPS) is 27.7. The van der Waals surface area contributed by atoms with Crippen LogP contribution in [0.15, 0.2) is 24.3 Å². The zero-order chi connectivity index (χ0) is 15.6. The lowest BCUT2D eigenvalue weighted by molar-refractivity contribution is -0.138. The number of amides is 1. The molecule has 2 heterocycles. The topological polar surface area (TPSA) is 38.8 Å². The predicted octanol–water partition coefficient (Wildman–Crippen LogP) is 2.02. The van der Waals surface area contributed by atoms with Gasteiger partial charge in [-0.2, -0.15) is 0 Å². The van der Waals surface area contributed by atoms with E-state index in [1.807, 2.05) is 4.90 Å². The predicted molar refractivity (Wildman–Crippen MR) is 80.0 cm³/mol. The van der Waals surface area contributed by atoms with Gasteiger partial charge in [0.1, 0.15) is 5.82 Å². The van der Waals surface area contributed by atoms with E-state index in [4.69, 9.17) is 9.47 Å². The Morgan fingerprint density at radius 3 is 3.18 bits per heavy atom. The van der Waals surface area contributed by atoms with Crippen molar-refractivity contribution < 1.29 is 18.7 Å². The van der Waals surface area contributed by atoms with Crippen LogP contribution in [0.1, 0.15) is 18.4 Å². The van der Waals surface area contributed by atoms with E-state index < -0.39 is 0 Å². The van der Waals surface area contributed by atoms with Crippen molar-refractivity contribution in [3.63, 3.8) is 0 Å². The molecule has 5 heteroatoms. The average Bonchev–Trinajstić information content (AvgIpc) is 2.90. The fourth-order valence-electron chi connectivity index (χ4n) is 3.69. The van der Waals surface area contributed by atoms with E-state index in [-0.39, 0.29) is 29.7 Å². The van der Waals surface area contributed by atoms with Crippen LogP contribution in [0.2, 0.25) is 0 Å². The van der Waals surface area contributed by atoms with Gasteiger partial charge in [-0.1, -0.05) is 12.1 Å². The van der Waals surface area contributed by atoms with Crippen molar-refractivity contribution in [3.05, 3.63) is 35.6 Å². The summed E-state index contributed by atoms with van der Waals surface area (Å²) in [6.07, 6.45) is 2.20. The number of halogens is 1. The van der Waals surface area contributed by atoms with Crippen LogP contribution in [-0.2, 0) is 20.7 Å². The maximum Gasteiger partial charge on any atom is 0.227 e. The molecule has 2 aliphatic rings. The van der Waals surface area contributed by atoms with Gasteiger partial charge < -0.3 is 14.4 Å². The zero-order valence-corrected chi connectivity index (χ0v) is 12.9. The van der Waals surface area contributed by atoms with Crippen molar-refractivity contribution >= 4 is 5.91 Å². The van der Waals surface area contributed by atoms with Crippen LogP contribution in [-0.4, -0.2) is 50.3 Å². The van der Waals surface area contributed by atoms with Gasteiger partial charge >= 0.3 is 0 Å². The van der Waals surface area contributed by atoms with E-state index in [2.05, 4.69) is 0 Å². The minimum absolute atomic E-state index is 0.0476. The Morgan fingerprint density at radius 2 is 2.41 bits per heavy atom. The summed E-state index contributed by atoms with van der Waals surface area (Å²) in [6, 6.07) is 6.25. The number of methoxy groups -OCH3 is 1. The van der Waals surface area contributed by atoms with Crippen LogP contribution in [0.3, 0.4) is 0 Å². The highest BCUT2D eigenvalue weighted by molar-refractivity contribution is 5.79. The standard InChI is InChI=1S/C17H22FNO3/c1-21-12-17-6-8-22-15(17)5-7-19(11-17)16(20)10-13-3-2-4-14(18)9-13/h2-4,9,15H,5-8,10-12H2,1H3/t15-,17+/m0/s1. The van der Waals surface area contributed by atoms with E-state index >= 15 is 0 Å². The van der Waals surface area contributed by atoms with E-state index in [0.29, 0.717) is 19.7 Å². The van der Waals surface area contributed by atoms with E-state index in [1.165, 1.54) is 12.1 Å². The molecule has 0 saturated carbocycles. The Labute approximate surface area is 130 Å². The Morgan fingerprint density at radius 1 is 1.55 bits per heavy atom. The summed E-state index contributed by atoms with van der Waals surface area (Å²) in [5.41, 5.74) is 0.639. The second-order valence-corrected chi connectivity index (χ2v) is 6.32. The summed E-state index contributed by atoms with van der Waals surface area (Å²) >= 11 is 0. The second kappa shape index (κ2) is 6.34. The van der Waals surface area contributed by atoms with Crippen LogP contribution in [0, 0.1) is 11.2 Å². The molecule has 0 aromatic heterocycles. The highest BCUT2D eigenvalue weighted by Gasteiger charge is 2.48. The number of likely N-dealkylation sites (tertiary alicyclic amines) is 1. The zero-order valence-electron chi connectivity index (χ0n) is 12.9. The van der Waals surface area contributed by atoms with Gasteiger partial charge in [0, 0.05) is 32.2 Å². The molecular formula is C17H22FNO3. The fraction of sp³-hybridized carbons (Fsp3) is 0.588. The van der Waals surface area contributed by atoms with Gasteiger partial charge in [-0.05, 0) is 30.5 Å². The first-order valence-corrected chi connectivity index (χ1v) is 7.76. The maximum atomic E-state index is 13.2. The van der Waals surface area contributed by atoms with Crippen molar-refractivity contribution in [1.29, 1.82) is 0 Å². The molecule has 0 N–H and O–H groups in total. The van der Waals surface area contributed by atoms with E-state index in [0.717, 1.165) is 25.0 Å². The molecule has 4 nitrogen and oxygen atoms in total. The van der Waals surface area contributed by atoms with Gasteiger partial charge in [-0.3, -0.25) is 4.79 Å². The van der Waals surface area contributed by atoms with Gasteiger partial charge in [-0.15, -0.1) is 0 Å². The van der Waals surface area contributed by atoms with Gasteiger partial charge in [0.15, 0.2) is 0 Å². The third-order valence-corrected chi connectivity index (χ3v) is 4.80. The summed E-state index contributed by atoms with van der Waals surface area (Å²) in [7, 11) is 1.69. The highest BCUT2D eigenvalue weighted by Crippen LogP contribution is 2.41. The number of fused-ring (bicyclic) bond motifs is 1. The number of piperidine rings is 1. The van der Waals surface area contributed by atoms with Crippen LogP contribution in [0.4, 0.5) is 4.39 Å². The van der Waals surface area contributed by atoms with Crippen molar-refractivity contribution in [1.82, 2.24) is 4.90 Å². The quantitative estimate of drug-likeness (QED) is 0.854. The Bertz CT molecular complexity index is 550. The molecule has 1 aromatic carbocycles. The lowest BCUT2D eigenvalue weighted by Gasteiger charge is -2.43. The van der Waals surface area contributed by atoms with Crippen LogP contribution in [0.25, 0.3) is 0 Å². The molecule has 0 unspecified atom stereocenters. The van der Waals surface area contributed by atoms with Crippen LogP contribution < -0.4 is 0 Å². The van der Waals surface area contributed by atoms with Crippen molar-refractivity contribution in [2.24, 2.45) is 5.41 Å². The number of carbonyl (C=O) groups excluding carboxylic acids is 1. The molecule has 2 atom stereocenters. The van der Waals surface area contributed by atoms with Gasteiger partial charge in [0.2, 0.25) is 5.91 Å². The van der Waals surface area contributed by atoms with Crippen molar-refractivity contribution in [3.8, 4) is 0 Å². The first-order chi connectivity index (χ1) is 10.6. The molecule has 3 rings (SSSR count). The molecular weight excluding hydrogens is 285 g/mol. The lowest BCUT2D eigenvalue weighted by atomic mass is 9.77. The Hall–Kier alpha value is -1.46. The Kier molecular flexibility index (Phi) is 4.45. The van der Waals surface area contributed by atoms with Gasteiger partial charge in [0.25, 0.3) is 0 Å². The van der Waals surface area contributed by atoms with Crippen molar-refractivity contribution in [2.75, 3.05) is 33.4 Å². The minimum Gasteiger partial charge on any atom is -0.384 e. The SMILES string of the molecule is COC[C@]12CCO[C@H]1CCN(C(=O)Cc1cccc(F)c1)C2. The molecule has 1 amide bonds. The third-order valence-electron chi connectivity index (χ3n) is 4.80. The molecule has 1 aromatic rings. The maximum absolute atomic E-state index is 13.2. The molecule has 22 heavy (non-hydrogen) atoms. The minimum atomic E-state index is -0.302. The first-order valence-electron chi connectivity index (χ1n) is 7.76. The largest absolute Gasteiger partial charge is 0.384 e. The molecule has 2 saturated heterocycles. The summed E-state index contributed by atoms with van der Waals surface area (Å²) in [5.74, 6) is -0.254.